The van der Waals surface area contributed by atoms with Crippen LogP contribution in [0.15, 0.2) is 46.1 Å². The van der Waals surface area contributed by atoms with Gasteiger partial charge in [0.05, 0.1) is 5.56 Å². The van der Waals surface area contributed by atoms with Gasteiger partial charge in [0.2, 0.25) is 5.91 Å². The van der Waals surface area contributed by atoms with E-state index in [9.17, 15) is 14.4 Å². The lowest BCUT2D eigenvalue weighted by Crippen LogP contribution is -2.37. The van der Waals surface area contributed by atoms with Crippen LogP contribution in [0.2, 0.25) is 0 Å². The van der Waals surface area contributed by atoms with E-state index in [2.05, 4.69) is 0 Å². The van der Waals surface area contributed by atoms with Gasteiger partial charge in [-0.3, -0.25) is 14.2 Å². The van der Waals surface area contributed by atoms with Gasteiger partial charge in [-0.15, -0.1) is 0 Å². The van der Waals surface area contributed by atoms with Crippen molar-refractivity contribution < 1.29 is 4.79 Å². The Bertz CT molecular complexity index is 906. The van der Waals surface area contributed by atoms with E-state index in [1.165, 1.54) is 30.0 Å². The van der Waals surface area contributed by atoms with Crippen LogP contribution in [0.4, 0.5) is 0 Å². The van der Waals surface area contributed by atoms with Crippen LogP contribution in [0.25, 0.3) is 6.08 Å². The van der Waals surface area contributed by atoms with E-state index in [0.717, 1.165) is 15.7 Å². The molecule has 0 radical (unpaired) electrons. The lowest BCUT2D eigenvalue weighted by molar-refractivity contribution is -0.125. The molecule has 0 aliphatic carbocycles. The Kier molecular flexibility index (Phi) is 5.18. The van der Waals surface area contributed by atoms with Crippen molar-refractivity contribution in [1.29, 1.82) is 0 Å². The summed E-state index contributed by atoms with van der Waals surface area (Å²) >= 11 is 0. The molecular formula is C18H21N3O3. The number of carbonyl (C=O) groups is 1. The maximum atomic E-state index is 12.2. The normalized spacial score (nSPS) is 11.0. The van der Waals surface area contributed by atoms with Crippen molar-refractivity contribution in [2.45, 2.75) is 13.5 Å². The van der Waals surface area contributed by atoms with Crippen molar-refractivity contribution in [2.24, 2.45) is 14.1 Å². The summed E-state index contributed by atoms with van der Waals surface area (Å²) in [5.41, 5.74) is 1.65. The van der Waals surface area contributed by atoms with Crippen molar-refractivity contribution in [1.82, 2.24) is 14.0 Å². The van der Waals surface area contributed by atoms with E-state index in [4.69, 9.17) is 0 Å². The molecule has 0 N–H and O–H groups in total. The Balaban J connectivity index is 2.18. The zero-order chi connectivity index (χ0) is 17.9. The highest BCUT2D eigenvalue weighted by Gasteiger charge is 2.09. The van der Waals surface area contributed by atoms with Crippen molar-refractivity contribution in [3.8, 4) is 0 Å². The Morgan fingerprint density at radius 3 is 2.54 bits per heavy atom. The molecule has 0 unspecified atom stereocenters. The number of hydrogen-bond donors (Lipinski definition) is 0. The minimum Gasteiger partial charge on any atom is -0.338 e. The van der Waals surface area contributed by atoms with Gasteiger partial charge in [0.25, 0.3) is 5.56 Å². The third-order valence-electron chi connectivity index (χ3n) is 3.92. The molecule has 2 rings (SSSR count). The summed E-state index contributed by atoms with van der Waals surface area (Å²) in [6, 6.07) is 7.86. The number of amides is 1. The first kappa shape index (κ1) is 17.5. The molecule has 0 saturated carbocycles. The number of carbonyl (C=O) groups excluding carboxylic acids is 1. The molecule has 1 aromatic carbocycles. The van der Waals surface area contributed by atoms with Crippen LogP contribution >= 0.6 is 0 Å². The molecule has 0 aliphatic heterocycles. The topological polar surface area (TPSA) is 64.3 Å². The fourth-order valence-electron chi connectivity index (χ4n) is 2.36. The molecule has 0 spiro atoms. The average Bonchev–Trinajstić information content (AvgIpc) is 2.56. The molecule has 1 aromatic heterocycles. The molecule has 1 heterocycles. The first-order chi connectivity index (χ1) is 11.3. The molecule has 6 heteroatoms. The minimum absolute atomic E-state index is 0.214. The van der Waals surface area contributed by atoms with Gasteiger partial charge in [0.1, 0.15) is 0 Å². The first-order valence-electron chi connectivity index (χ1n) is 7.55. The first-order valence-corrected chi connectivity index (χ1v) is 7.55. The third kappa shape index (κ3) is 3.71. The van der Waals surface area contributed by atoms with Crippen LogP contribution in [-0.2, 0) is 25.4 Å². The second kappa shape index (κ2) is 7.12. The van der Waals surface area contributed by atoms with Crippen molar-refractivity contribution >= 4 is 12.0 Å². The highest BCUT2D eigenvalue weighted by molar-refractivity contribution is 5.91. The number of aromatic nitrogens is 2. The summed E-state index contributed by atoms with van der Waals surface area (Å²) in [6.07, 6.45) is 4.22. The molecule has 6 nitrogen and oxygen atoms in total. The minimum atomic E-state index is -0.427. The summed E-state index contributed by atoms with van der Waals surface area (Å²) in [7, 11) is 4.68. The number of hydrogen-bond acceptors (Lipinski definition) is 3. The van der Waals surface area contributed by atoms with E-state index < -0.39 is 11.2 Å². The van der Waals surface area contributed by atoms with Gasteiger partial charge in [-0.2, -0.15) is 0 Å². The highest BCUT2D eigenvalue weighted by atomic mass is 16.2. The Hall–Kier alpha value is -2.89. The van der Waals surface area contributed by atoms with Crippen LogP contribution in [0.5, 0.6) is 0 Å². The highest BCUT2D eigenvalue weighted by Crippen LogP contribution is 2.09. The summed E-state index contributed by atoms with van der Waals surface area (Å²) < 4.78 is 2.32. The van der Waals surface area contributed by atoms with E-state index in [0.29, 0.717) is 6.54 Å². The Morgan fingerprint density at radius 2 is 1.88 bits per heavy atom. The molecule has 0 atom stereocenters. The number of rotatable bonds is 4. The van der Waals surface area contributed by atoms with Crippen LogP contribution in [0.3, 0.4) is 0 Å². The van der Waals surface area contributed by atoms with Crippen LogP contribution < -0.4 is 11.2 Å². The monoisotopic (exact) mass is 327 g/mol. The second-order valence-electron chi connectivity index (χ2n) is 5.80. The van der Waals surface area contributed by atoms with Gasteiger partial charge in [-0.1, -0.05) is 24.3 Å². The van der Waals surface area contributed by atoms with Crippen LogP contribution in [-0.4, -0.2) is 27.0 Å². The van der Waals surface area contributed by atoms with E-state index >= 15 is 0 Å². The summed E-state index contributed by atoms with van der Waals surface area (Å²) in [5.74, 6) is -0.214. The van der Waals surface area contributed by atoms with Gasteiger partial charge in [-0.25, -0.2) is 4.79 Å². The molecule has 0 bridgehead atoms. The largest absolute Gasteiger partial charge is 0.338 e. The smallest absolute Gasteiger partial charge is 0.330 e. The predicted octanol–water partition coefficient (Wildman–Crippen LogP) is 1.06. The standard InChI is InChI=1S/C18H21N3O3/c1-13-7-5-6-8-14(13)11-19(2)16(22)10-9-15-12-20(3)18(24)21(4)17(15)23/h5-10,12H,11H2,1-4H3. The quantitative estimate of drug-likeness (QED) is 0.789. The zero-order valence-corrected chi connectivity index (χ0v) is 14.3. The van der Waals surface area contributed by atoms with Gasteiger partial charge < -0.3 is 9.47 Å². The summed E-state index contributed by atoms with van der Waals surface area (Å²) in [4.78, 5) is 37.5. The van der Waals surface area contributed by atoms with Gasteiger partial charge in [0.15, 0.2) is 0 Å². The molecule has 24 heavy (non-hydrogen) atoms. The Labute approximate surface area is 140 Å². The number of benzene rings is 1. The third-order valence-corrected chi connectivity index (χ3v) is 3.92. The zero-order valence-electron chi connectivity index (χ0n) is 14.3. The fraction of sp³-hybridized carbons (Fsp3) is 0.278. The number of nitrogens with zero attached hydrogens (tertiary/aromatic N) is 3. The van der Waals surface area contributed by atoms with E-state index in [-0.39, 0.29) is 11.5 Å². The van der Waals surface area contributed by atoms with Gasteiger partial charge >= 0.3 is 5.69 Å². The second-order valence-corrected chi connectivity index (χ2v) is 5.80. The van der Waals surface area contributed by atoms with Crippen molar-refractivity contribution in [3.05, 3.63) is 74.1 Å². The molecule has 126 valence electrons. The van der Waals surface area contributed by atoms with E-state index in [1.807, 2.05) is 31.2 Å². The lowest BCUT2D eigenvalue weighted by atomic mass is 10.1. The SMILES string of the molecule is Cc1ccccc1CN(C)C(=O)C=Cc1cn(C)c(=O)n(C)c1=O. The molecule has 2 aromatic rings. The predicted molar refractivity (Wildman–Crippen MR) is 93.6 cm³/mol. The van der Waals surface area contributed by atoms with Gasteiger partial charge in [-0.05, 0) is 24.1 Å². The molecule has 0 saturated heterocycles. The molecule has 0 aliphatic rings. The Morgan fingerprint density at radius 1 is 1.21 bits per heavy atom. The number of aryl methyl sites for hydroxylation is 2. The average molecular weight is 327 g/mol. The fourth-order valence-corrected chi connectivity index (χ4v) is 2.36. The van der Waals surface area contributed by atoms with Crippen LogP contribution in [0.1, 0.15) is 16.7 Å². The number of likely N-dealkylation sites (N-methyl/N-ethyl adjacent to an activating group) is 1. The maximum Gasteiger partial charge on any atom is 0.330 e. The maximum absolute atomic E-state index is 12.2. The summed E-state index contributed by atoms with van der Waals surface area (Å²) in [6.45, 7) is 2.48. The van der Waals surface area contributed by atoms with Crippen molar-refractivity contribution in [3.63, 3.8) is 0 Å². The van der Waals surface area contributed by atoms with Crippen LogP contribution in [0, 0.1) is 6.92 Å². The molecule has 1 amide bonds. The lowest BCUT2D eigenvalue weighted by Gasteiger charge is -2.16. The molecular weight excluding hydrogens is 306 g/mol. The van der Waals surface area contributed by atoms with Gasteiger partial charge in [0, 0.05) is 40.0 Å². The molecule has 0 fully saturated rings. The van der Waals surface area contributed by atoms with Crippen molar-refractivity contribution in [2.75, 3.05) is 7.05 Å². The summed E-state index contributed by atoms with van der Waals surface area (Å²) in [5, 5.41) is 0. The van der Waals surface area contributed by atoms with E-state index in [1.54, 1.807) is 19.0 Å².